The van der Waals surface area contributed by atoms with Crippen LogP contribution < -0.4 is 9.80 Å². The van der Waals surface area contributed by atoms with Crippen molar-refractivity contribution in [3.05, 3.63) is 170 Å². The van der Waals surface area contributed by atoms with Crippen LogP contribution in [-0.4, -0.2) is 0 Å². The van der Waals surface area contributed by atoms with Gasteiger partial charge in [0.05, 0.1) is 11.4 Å². The molecule has 46 heavy (non-hydrogen) atoms. The number of para-hydroxylation sites is 3. The van der Waals surface area contributed by atoms with E-state index in [1.807, 2.05) is 22.7 Å². The first-order valence-electron chi connectivity index (χ1n) is 15.4. The molecular formula is C42H28N2S2. The van der Waals surface area contributed by atoms with Crippen molar-refractivity contribution in [3.8, 4) is 0 Å². The Hall–Kier alpha value is -5.42. The van der Waals surface area contributed by atoms with Gasteiger partial charge in [0.2, 0.25) is 0 Å². The summed E-state index contributed by atoms with van der Waals surface area (Å²) in [5, 5.41) is 5.12. The molecule has 0 fully saturated rings. The van der Waals surface area contributed by atoms with Crippen molar-refractivity contribution >= 4 is 97.1 Å². The van der Waals surface area contributed by atoms with Crippen LogP contribution in [0.2, 0.25) is 0 Å². The maximum absolute atomic E-state index is 2.44. The Morgan fingerprint density at radius 2 is 0.739 bits per heavy atom. The minimum Gasteiger partial charge on any atom is -0.310 e. The monoisotopic (exact) mass is 624 g/mol. The van der Waals surface area contributed by atoms with Crippen molar-refractivity contribution in [2.75, 3.05) is 9.80 Å². The fourth-order valence-corrected chi connectivity index (χ4v) is 8.88. The van der Waals surface area contributed by atoms with E-state index in [-0.39, 0.29) is 0 Å². The largest absolute Gasteiger partial charge is 0.310 e. The fourth-order valence-electron chi connectivity index (χ4n) is 6.64. The molecule has 9 rings (SSSR count). The van der Waals surface area contributed by atoms with Crippen LogP contribution in [0.1, 0.15) is 0 Å². The van der Waals surface area contributed by atoms with Gasteiger partial charge in [0.15, 0.2) is 0 Å². The zero-order valence-corrected chi connectivity index (χ0v) is 26.5. The average molecular weight is 625 g/mol. The second kappa shape index (κ2) is 11.2. The lowest BCUT2D eigenvalue weighted by molar-refractivity contribution is 1.29. The van der Waals surface area contributed by atoms with Crippen LogP contribution >= 0.6 is 22.7 Å². The van der Waals surface area contributed by atoms with Crippen LogP contribution in [-0.2, 0) is 0 Å². The van der Waals surface area contributed by atoms with E-state index in [0.29, 0.717) is 0 Å². The lowest BCUT2D eigenvalue weighted by Crippen LogP contribution is -2.11. The van der Waals surface area contributed by atoms with Gasteiger partial charge in [0.1, 0.15) is 0 Å². The summed E-state index contributed by atoms with van der Waals surface area (Å²) < 4.78 is 5.16. The first-order chi connectivity index (χ1) is 22.8. The van der Waals surface area contributed by atoms with E-state index < -0.39 is 0 Å². The van der Waals surface area contributed by atoms with E-state index in [0.717, 1.165) is 22.7 Å². The summed E-state index contributed by atoms with van der Waals surface area (Å²) >= 11 is 3.72. The molecule has 0 atom stereocenters. The highest BCUT2D eigenvalue weighted by Gasteiger charge is 2.23. The Morgan fingerprint density at radius 3 is 1.30 bits per heavy atom. The van der Waals surface area contributed by atoms with Gasteiger partial charge in [-0.25, -0.2) is 0 Å². The molecule has 2 nitrogen and oxygen atoms in total. The van der Waals surface area contributed by atoms with Crippen LogP contribution in [0.15, 0.2) is 170 Å². The molecule has 2 aromatic heterocycles. The Bertz CT molecular complexity index is 2440. The molecule has 0 saturated carbocycles. The summed E-state index contributed by atoms with van der Waals surface area (Å²) in [6.45, 7) is 0. The van der Waals surface area contributed by atoms with Crippen LogP contribution in [0.4, 0.5) is 34.1 Å². The van der Waals surface area contributed by atoms with Crippen molar-refractivity contribution < 1.29 is 0 Å². The number of rotatable bonds is 6. The minimum atomic E-state index is 1.13. The highest BCUT2D eigenvalue weighted by atomic mass is 32.1. The topological polar surface area (TPSA) is 6.48 Å². The number of nitrogens with zero attached hydrogens (tertiary/aromatic N) is 2. The van der Waals surface area contributed by atoms with E-state index in [1.54, 1.807) is 0 Å². The molecule has 0 bridgehead atoms. The predicted octanol–water partition coefficient (Wildman–Crippen LogP) is 13.4. The Balaban J connectivity index is 1.34. The molecule has 0 unspecified atom stereocenters. The number of fused-ring (bicyclic) bond motifs is 6. The molecule has 0 spiro atoms. The van der Waals surface area contributed by atoms with E-state index in [1.165, 1.54) is 51.7 Å². The molecule has 218 valence electrons. The maximum Gasteiger partial charge on any atom is 0.0555 e. The smallest absolute Gasteiger partial charge is 0.0555 e. The van der Waals surface area contributed by atoms with Gasteiger partial charge in [-0.2, -0.15) is 0 Å². The molecule has 0 aliphatic heterocycles. The zero-order valence-electron chi connectivity index (χ0n) is 24.9. The van der Waals surface area contributed by atoms with Crippen molar-refractivity contribution in [2.24, 2.45) is 0 Å². The van der Waals surface area contributed by atoms with Crippen LogP contribution in [0, 0.1) is 0 Å². The molecular weight excluding hydrogens is 597 g/mol. The summed E-state index contributed by atoms with van der Waals surface area (Å²) in [6, 6.07) is 61.3. The molecule has 4 heteroatoms. The van der Waals surface area contributed by atoms with Gasteiger partial charge in [0.25, 0.3) is 0 Å². The van der Waals surface area contributed by atoms with Gasteiger partial charge in [-0.05, 0) is 84.9 Å². The first kappa shape index (κ1) is 26.9. The highest BCUT2D eigenvalue weighted by molar-refractivity contribution is 7.26. The van der Waals surface area contributed by atoms with Gasteiger partial charge in [-0.15, -0.1) is 22.7 Å². The maximum atomic E-state index is 2.44. The van der Waals surface area contributed by atoms with Crippen LogP contribution in [0.25, 0.3) is 40.3 Å². The van der Waals surface area contributed by atoms with Crippen molar-refractivity contribution in [3.63, 3.8) is 0 Å². The van der Waals surface area contributed by atoms with Gasteiger partial charge < -0.3 is 9.80 Å². The number of anilines is 6. The molecule has 2 heterocycles. The molecule has 0 aliphatic rings. The number of hydrogen-bond donors (Lipinski definition) is 0. The predicted molar refractivity (Wildman–Crippen MR) is 202 cm³/mol. The number of benzene rings is 7. The lowest BCUT2D eigenvalue weighted by atomic mass is 10.0. The third kappa shape index (κ3) is 4.46. The highest BCUT2D eigenvalue weighted by Crippen LogP contribution is 2.50. The van der Waals surface area contributed by atoms with E-state index >= 15 is 0 Å². The summed E-state index contributed by atoms with van der Waals surface area (Å²) in [4.78, 5) is 4.83. The molecule has 0 radical (unpaired) electrons. The Morgan fingerprint density at radius 1 is 0.304 bits per heavy atom. The fraction of sp³-hybridized carbons (Fsp3) is 0. The van der Waals surface area contributed by atoms with E-state index in [9.17, 15) is 0 Å². The van der Waals surface area contributed by atoms with Crippen molar-refractivity contribution in [2.45, 2.75) is 0 Å². The Kier molecular flexibility index (Phi) is 6.55. The summed E-state index contributed by atoms with van der Waals surface area (Å²) in [5.41, 5.74) is 6.88. The third-order valence-electron chi connectivity index (χ3n) is 8.62. The van der Waals surface area contributed by atoms with Gasteiger partial charge >= 0.3 is 0 Å². The number of hydrogen-bond acceptors (Lipinski definition) is 4. The minimum absolute atomic E-state index is 1.13. The SMILES string of the molecule is c1ccc(N(c2ccccc2)c2cccc3sc4cccc(N(c5ccccc5)c5ccc6sc7ccccc7c6c5)c4c23)cc1. The van der Waals surface area contributed by atoms with Crippen molar-refractivity contribution in [1.82, 2.24) is 0 Å². The van der Waals surface area contributed by atoms with Crippen LogP contribution in [0.3, 0.4) is 0 Å². The average Bonchev–Trinajstić information content (AvgIpc) is 3.69. The normalized spacial score (nSPS) is 11.5. The quantitative estimate of drug-likeness (QED) is 0.182. The lowest BCUT2D eigenvalue weighted by Gasteiger charge is -2.28. The second-order valence-corrected chi connectivity index (χ2v) is 13.5. The molecule has 0 saturated heterocycles. The van der Waals surface area contributed by atoms with Gasteiger partial charge in [-0.1, -0.05) is 84.9 Å². The summed E-state index contributed by atoms with van der Waals surface area (Å²) in [7, 11) is 0. The summed E-state index contributed by atoms with van der Waals surface area (Å²) in [5.74, 6) is 0. The van der Waals surface area contributed by atoms with E-state index in [4.69, 9.17) is 0 Å². The first-order valence-corrected chi connectivity index (χ1v) is 17.1. The molecule has 7 aromatic carbocycles. The second-order valence-electron chi connectivity index (χ2n) is 11.4. The van der Waals surface area contributed by atoms with E-state index in [2.05, 4.69) is 180 Å². The van der Waals surface area contributed by atoms with Crippen molar-refractivity contribution in [1.29, 1.82) is 0 Å². The summed E-state index contributed by atoms with van der Waals surface area (Å²) in [6.07, 6.45) is 0. The zero-order chi connectivity index (χ0) is 30.5. The van der Waals surface area contributed by atoms with Crippen LogP contribution in [0.5, 0.6) is 0 Å². The Labute approximate surface area is 275 Å². The molecule has 0 amide bonds. The van der Waals surface area contributed by atoms with Gasteiger partial charge in [-0.3, -0.25) is 0 Å². The molecule has 0 N–H and O–H groups in total. The molecule has 0 aliphatic carbocycles. The van der Waals surface area contributed by atoms with Gasteiger partial charge in [0, 0.05) is 63.1 Å². The standard InChI is InChI=1S/C42H28N2S2/c1-4-14-29(15-5-1)43(30-16-6-2-7-17-30)35-21-12-24-39-41(35)42-36(22-13-25-40(42)46-39)44(31-18-8-3-9-19-31)32-26-27-38-34(28-32)33-20-10-11-23-37(33)45-38/h1-28H. The third-order valence-corrected chi connectivity index (χ3v) is 10.9. The molecule has 9 aromatic rings. The number of thiophene rings is 2.